The summed E-state index contributed by atoms with van der Waals surface area (Å²) in [6.45, 7) is 1.33. The molecule has 2 aromatic carbocycles. The van der Waals surface area contributed by atoms with Crippen molar-refractivity contribution in [2.75, 3.05) is 11.9 Å². The van der Waals surface area contributed by atoms with Gasteiger partial charge in [0, 0.05) is 12.1 Å². The van der Waals surface area contributed by atoms with E-state index in [1.54, 1.807) is 24.3 Å². The Labute approximate surface area is 172 Å². The number of hydrogen-bond donors (Lipinski definition) is 3. The van der Waals surface area contributed by atoms with Crippen LogP contribution in [0.15, 0.2) is 48.5 Å². The van der Waals surface area contributed by atoms with Crippen molar-refractivity contribution >= 4 is 41.0 Å². The molecule has 0 saturated carbocycles. The molecule has 0 aliphatic carbocycles. The summed E-state index contributed by atoms with van der Waals surface area (Å²) in [5.41, 5.74) is 6.15. The fraction of sp³-hybridized carbons (Fsp3) is 0.200. The van der Waals surface area contributed by atoms with E-state index in [2.05, 4.69) is 16.2 Å². The van der Waals surface area contributed by atoms with Gasteiger partial charge in [-0.05, 0) is 31.2 Å². The van der Waals surface area contributed by atoms with E-state index in [1.165, 1.54) is 12.1 Å². The average molecular weight is 418 g/mol. The minimum Gasteiger partial charge on any atom is -0.455 e. The molecule has 0 spiro atoms. The molecule has 3 amide bonds. The maximum Gasteiger partial charge on any atom is 0.306 e. The molecule has 0 bridgehead atoms. The summed E-state index contributed by atoms with van der Waals surface area (Å²) in [6.07, 6.45) is -0.269. The molecular formula is C20H20ClN3O5. The van der Waals surface area contributed by atoms with E-state index in [4.69, 9.17) is 16.3 Å². The number of hydrazine groups is 1. The normalized spacial score (nSPS) is 10.0. The lowest BCUT2D eigenvalue weighted by Crippen LogP contribution is -2.43. The van der Waals surface area contributed by atoms with E-state index in [0.717, 1.165) is 5.56 Å². The summed E-state index contributed by atoms with van der Waals surface area (Å²) >= 11 is 5.88. The van der Waals surface area contributed by atoms with Gasteiger partial charge in [0.25, 0.3) is 11.8 Å². The number of rotatable bonds is 7. The largest absolute Gasteiger partial charge is 0.455 e. The fourth-order valence-electron chi connectivity index (χ4n) is 2.17. The summed E-state index contributed by atoms with van der Waals surface area (Å²) in [5.74, 6) is -2.40. The van der Waals surface area contributed by atoms with Gasteiger partial charge in [0.05, 0.1) is 17.0 Å². The predicted octanol–water partition coefficient (Wildman–Crippen LogP) is 2.37. The van der Waals surface area contributed by atoms with Crippen LogP contribution in [0.2, 0.25) is 5.02 Å². The molecule has 3 N–H and O–H groups in total. The van der Waals surface area contributed by atoms with E-state index in [9.17, 15) is 19.2 Å². The lowest BCUT2D eigenvalue weighted by molar-refractivity contribution is -0.149. The molecule has 0 radical (unpaired) electrons. The number of hydrogen-bond acceptors (Lipinski definition) is 5. The van der Waals surface area contributed by atoms with Crippen molar-refractivity contribution in [2.45, 2.75) is 19.8 Å². The number of ether oxygens (including phenoxy) is 1. The second kappa shape index (κ2) is 10.8. The number of halogens is 1. The number of carbonyl (C=O) groups excluding carboxylic acids is 4. The van der Waals surface area contributed by atoms with Gasteiger partial charge in [0.15, 0.2) is 6.61 Å². The third-order valence-corrected chi connectivity index (χ3v) is 4.02. The first-order valence-electron chi connectivity index (χ1n) is 8.71. The number of esters is 1. The van der Waals surface area contributed by atoms with E-state index < -0.39 is 24.4 Å². The molecule has 152 valence electrons. The molecular weight excluding hydrogens is 398 g/mol. The van der Waals surface area contributed by atoms with Crippen molar-refractivity contribution < 1.29 is 23.9 Å². The first-order chi connectivity index (χ1) is 13.8. The Morgan fingerprint density at radius 3 is 2.28 bits per heavy atom. The second-order valence-electron chi connectivity index (χ2n) is 6.06. The molecule has 0 unspecified atom stereocenters. The van der Waals surface area contributed by atoms with E-state index >= 15 is 0 Å². The van der Waals surface area contributed by atoms with Crippen molar-refractivity contribution in [3.63, 3.8) is 0 Å². The highest BCUT2D eigenvalue weighted by atomic mass is 35.5. The summed E-state index contributed by atoms with van der Waals surface area (Å²) in [4.78, 5) is 47.0. The fourth-order valence-corrected chi connectivity index (χ4v) is 2.39. The molecule has 0 aliphatic rings. The Hall–Kier alpha value is -3.39. The van der Waals surface area contributed by atoms with Gasteiger partial charge in [0.2, 0.25) is 5.91 Å². The van der Waals surface area contributed by atoms with E-state index in [0.29, 0.717) is 5.69 Å². The molecule has 9 heteroatoms. The van der Waals surface area contributed by atoms with Crippen molar-refractivity contribution in [3.8, 4) is 0 Å². The summed E-state index contributed by atoms with van der Waals surface area (Å²) in [6, 6.07) is 13.5. The van der Waals surface area contributed by atoms with Gasteiger partial charge >= 0.3 is 5.97 Å². The molecule has 0 saturated heterocycles. The predicted molar refractivity (Wildman–Crippen MR) is 107 cm³/mol. The number of anilines is 1. The number of benzene rings is 2. The highest BCUT2D eigenvalue weighted by Gasteiger charge is 2.13. The SMILES string of the molecule is Cc1ccc(NC(=O)CCC(=O)OCC(=O)NNC(=O)c2ccccc2Cl)cc1. The van der Waals surface area contributed by atoms with Gasteiger partial charge in [-0.25, -0.2) is 0 Å². The quantitative estimate of drug-likeness (QED) is 0.472. The van der Waals surface area contributed by atoms with Gasteiger partial charge in [-0.15, -0.1) is 0 Å². The van der Waals surface area contributed by atoms with Crippen LogP contribution in [0.1, 0.15) is 28.8 Å². The summed E-state index contributed by atoms with van der Waals surface area (Å²) in [7, 11) is 0. The highest BCUT2D eigenvalue weighted by Crippen LogP contribution is 2.14. The van der Waals surface area contributed by atoms with Crippen LogP contribution in [-0.4, -0.2) is 30.3 Å². The lowest BCUT2D eigenvalue weighted by atomic mass is 10.2. The number of nitrogens with one attached hydrogen (secondary N) is 3. The Balaban J connectivity index is 1.64. The van der Waals surface area contributed by atoms with Gasteiger partial charge in [-0.3, -0.25) is 30.0 Å². The maximum atomic E-state index is 11.9. The van der Waals surface area contributed by atoms with Gasteiger partial charge in [-0.2, -0.15) is 0 Å². The van der Waals surface area contributed by atoms with Gasteiger partial charge < -0.3 is 10.1 Å². The van der Waals surface area contributed by atoms with Crippen LogP contribution in [0.4, 0.5) is 5.69 Å². The van der Waals surface area contributed by atoms with Crippen LogP contribution in [0.5, 0.6) is 0 Å². The topological polar surface area (TPSA) is 114 Å². The van der Waals surface area contributed by atoms with Crippen molar-refractivity contribution in [1.82, 2.24) is 10.9 Å². The molecule has 2 rings (SSSR count). The zero-order valence-corrected chi connectivity index (χ0v) is 16.4. The van der Waals surface area contributed by atoms with Crippen LogP contribution in [0.3, 0.4) is 0 Å². The van der Waals surface area contributed by atoms with Gasteiger partial charge in [-0.1, -0.05) is 41.4 Å². The standard InChI is InChI=1S/C20H20ClN3O5/c1-13-6-8-14(9-7-13)22-17(25)10-11-19(27)29-12-18(26)23-24-20(28)15-4-2-3-5-16(15)21/h2-9H,10-12H2,1H3,(H,22,25)(H,23,26)(H,24,28). The number of amides is 3. The van der Waals surface area contributed by atoms with Gasteiger partial charge in [0.1, 0.15) is 0 Å². The Bertz CT molecular complexity index is 899. The monoisotopic (exact) mass is 417 g/mol. The molecule has 2 aromatic rings. The Kier molecular flexibility index (Phi) is 8.17. The molecule has 0 heterocycles. The zero-order chi connectivity index (χ0) is 21.2. The average Bonchev–Trinajstić information content (AvgIpc) is 2.71. The van der Waals surface area contributed by atoms with E-state index in [-0.39, 0.29) is 29.3 Å². The lowest BCUT2D eigenvalue weighted by Gasteiger charge is -2.09. The maximum absolute atomic E-state index is 11.9. The first-order valence-corrected chi connectivity index (χ1v) is 9.09. The molecule has 0 aliphatic heterocycles. The Morgan fingerprint density at radius 2 is 1.59 bits per heavy atom. The molecule has 0 fully saturated rings. The minimum absolute atomic E-state index is 0.0857. The smallest absolute Gasteiger partial charge is 0.306 e. The zero-order valence-electron chi connectivity index (χ0n) is 15.7. The molecule has 0 aromatic heterocycles. The third kappa shape index (κ3) is 7.63. The van der Waals surface area contributed by atoms with E-state index in [1.807, 2.05) is 19.1 Å². The van der Waals surface area contributed by atoms with Crippen LogP contribution < -0.4 is 16.2 Å². The second-order valence-corrected chi connectivity index (χ2v) is 6.46. The van der Waals surface area contributed by atoms with Crippen LogP contribution in [0, 0.1) is 6.92 Å². The molecule has 0 atom stereocenters. The first kappa shape index (κ1) is 21.9. The highest BCUT2D eigenvalue weighted by molar-refractivity contribution is 6.33. The number of carbonyl (C=O) groups is 4. The van der Waals surface area contributed by atoms with Crippen molar-refractivity contribution in [3.05, 3.63) is 64.7 Å². The molecule has 8 nitrogen and oxygen atoms in total. The summed E-state index contributed by atoms with van der Waals surface area (Å²) < 4.78 is 4.77. The number of aryl methyl sites for hydroxylation is 1. The van der Waals surface area contributed by atoms with Crippen LogP contribution in [-0.2, 0) is 19.1 Å². The van der Waals surface area contributed by atoms with Crippen molar-refractivity contribution in [1.29, 1.82) is 0 Å². The molecule has 29 heavy (non-hydrogen) atoms. The van der Waals surface area contributed by atoms with Crippen LogP contribution in [0.25, 0.3) is 0 Å². The third-order valence-electron chi connectivity index (χ3n) is 3.69. The van der Waals surface area contributed by atoms with Crippen LogP contribution >= 0.6 is 11.6 Å². The Morgan fingerprint density at radius 1 is 0.897 bits per heavy atom. The summed E-state index contributed by atoms with van der Waals surface area (Å²) in [5, 5.41) is 2.89. The minimum atomic E-state index is -0.733. The van der Waals surface area contributed by atoms with Crippen molar-refractivity contribution in [2.24, 2.45) is 0 Å².